The van der Waals surface area contributed by atoms with E-state index >= 15 is 0 Å². The zero-order valence-electron chi connectivity index (χ0n) is 16.3. The molecule has 0 radical (unpaired) electrons. The van der Waals surface area contributed by atoms with E-state index < -0.39 is 34.3 Å². The minimum atomic E-state index is -1.63. The molecule has 0 spiro atoms. The van der Waals surface area contributed by atoms with Gasteiger partial charge in [-0.05, 0) is 19.1 Å². The van der Waals surface area contributed by atoms with Gasteiger partial charge in [-0.15, -0.1) is 10.2 Å². The van der Waals surface area contributed by atoms with Gasteiger partial charge in [0.2, 0.25) is 5.91 Å². The normalized spacial score (nSPS) is 12.0. The van der Waals surface area contributed by atoms with E-state index in [0.29, 0.717) is 5.03 Å². The van der Waals surface area contributed by atoms with Gasteiger partial charge in [-0.3, -0.25) is 4.79 Å². The number of amides is 1. The summed E-state index contributed by atoms with van der Waals surface area (Å²) in [5.74, 6) is -4.97. The van der Waals surface area contributed by atoms with Gasteiger partial charge in [-0.1, -0.05) is 66.4 Å². The second-order valence-electron chi connectivity index (χ2n) is 6.74. The number of hydrogen-bond acceptors (Lipinski definition) is 4. The van der Waals surface area contributed by atoms with Crippen molar-refractivity contribution in [2.75, 3.05) is 5.32 Å². The fourth-order valence-corrected chi connectivity index (χ4v) is 3.95. The van der Waals surface area contributed by atoms with Gasteiger partial charge in [0.25, 0.3) is 0 Å². The van der Waals surface area contributed by atoms with E-state index in [9.17, 15) is 18.0 Å². The minimum absolute atomic E-state index is 0.424. The molecule has 1 unspecified atom stereocenters. The third-order valence-electron chi connectivity index (χ3n) is 4.65. The summed E-state index contributed by atoms with van der Waals surface area (Å²) in [5, 5.41) is 12.5. The fourth-order valence-electron chi connectivity index (χ4n) is 3.05. The van der Waals surface area contributed by atoms with Crippen molar-refractivity contribution < 1.29 is 18.0 Å². The van der Waals surface area contributed by atoms with Gasteiger partial charge in [0, 0.05) is 16.3 Å². The Morgan fingerprint density at radius 3 is 2.29 bits per heavy atom. The van der Waals surface area contributed by atoms with Crippen molar-refractivity contribution in [2.45, 2.75) is 17.2 Å². The highest BCUT2D eigenvalue weighted by molar-refractivity contribution is 8.00. The summed E-state index contributed by atoms with van der Waals surface area (Å²) < 4.78 is 40.4. The van der Waals surface area contributed by atoms with Crippen molar-refractivity contribution in [3.05, 3.63) is 84.2 Å². The molecule has 0 saturated heterocycles. The summed E-state index contributed by atoms with van der Waals surface area (Å²) in [4.78, 5) is 12.5. The van der Waals surface area contributed by atoms with Crippen LogP contribution < -0.4 is 5.32 Å². The molecular weight excluding hydrogens is 423 g/mol. The number of nitrogens with one attached hydrogen (secondary N) is 1. The van der Waals surface area contributed by atoms with E-state index in [4.69, 9.17) is 0 Å². The number of thioether (sulfide) groups is 1. The van der Waals surface area contributed by atoms with Crippen LogP contribution in [0.2, 0.25) is 0 Å². The summed E-state index contributed by atoms with van der Waals surface area (Å²) in [7, 11) is 0. The molecule has 4 aromatic rings. The van der Waals surface area contributed by atoms with Gasteiger partial charge in [-0.2, -0.15) is 0 Å². The van der Waals surface area contributed by atoms with E-state index in [0.717, 1.165) is 45.9 Å². The van der Waals surface area contributed by atoms with Gasteiger partial charge in [0.05, 0.1) is 10.9 Å². The Balaban J connectivity index is 1.60. The number of aromatic nitrogens is 2. The molecule has 0 aliphatic rings. The van der Waals surface area contributed by atoms with Crippen molar-refractivity contribution in [1.82, 2.24) is 10.2 Å². The summed E-state index contributed by atoms with van der Waals surface area (Å²) in [5.41, 5.74) is 1.22. The largest absolute Gasteiger partial charge is 0.323 e. The van der Waals surface area contributed by atoms with Gasteiger partial charge in [-0.25, -0.2) is 13.2 Å². The maximum atomic E-state index is 13.9. The topological polar surface area (TPSA) is 54.9 Å². The molecule has 1 atom stereocenters. The lowest BCUT2D eigenvalue weighted by atomic mass is 10.1. The first-order chi connectivity index (χ1) is 15.0. The second-order valence-corrected chi connectivity index (χ2v) is 8.07. The van der Waals surface area contributed by atoms with E-state index in [2.05, 4.69) is 15.5 Å². The molecule has 0 aliphatic carbocycles. The molecular formula is C23H16F3N3OS. The summed E-state index contributed by atoms with van der Waals surface area (Å²) in [6, 6.07) is 18.9. The molecule has 1 N–H and O–H groups in total. The van der Waals surface area contributed by atoms with Crippen LogP contribution in [0.5, 0.6) is 0 Å². The molecule has 1 aromatic heterocycles. The van der Waals surface area contributed by atoms with Crippen LogP contribution in [0.1, 0.15) is 6.92 Å². The van der Waals surface area contributed by atoms with Crippen molar-refractivity contribution in [2.24, 2.45) is 0 Å². The fraction of sp³-hybridized carbons (Fsp3) is 0.0870. The molecule has 0 fully saturated rings. The Morgan fingerprint density at radius 2 is 1.55 bits per heavy atom. The molecule has 1 amide bonds. The number of carbonyl (C=O) groups excluding carboxylic acids is 1. The third kappa shape index (κ3) is 4.25. The highest BCUT2D eigenvalue weighted by Crippen LogP contribution is 2.33. The average Bonchev–Trinajstić information content (AvgIpc) is 2.80. The van der Waals surface area contributed by atoms with Crippen LogP contribution in [0.3, 0.4) is 0 Å². The number of anilines is 1. The van der Waals surface area contributed by atoms with E-state index in [1.807, 2.05) is 54.6 Å². The highest BCUT2D eigenvalue weighted by Gasteiger charge is 2.21. The first-order valence-electron chi connectivity index (χ1n) is 9.37. The Hall–Kier alpha value is -3.39. The first kappa shape index (κ1) is 20.9. The zero-order valence-corrected chi connectivity index (χ0v) is 17.1. The van der Waals surface area contributed by atoms with E-state index in [1.165, 1.54) is 0 Å². The number of carbonyl (C=O) groups is 1. The number of benzene rings is 3. The van der Waals surface area contributed by atoms with Gasteiger partial charge >= 0.3 is 0 Å². The molecule has 156 valence electrons. The summed E-state index contributed by atoms with van der Waals surface area (Å²) in [6.07, 6.45) is 0. The number of halogens is 3. The van der Waals surface area contributed by atoms with Crippen molar-refractivity contribution >= 4 is 34.1 Å². The third-order valence-corrected chi connectivity index (χ3v) is 5.74. The Bertz CT molecular complexity index is 1270. The smallest absolute Gasteiger partial charge is 0.237 e. The highest BCUT2D eigenvalue weighted by atomic mass is 32.2. The number of rotatable bonds is 5. The second kappa shape index (κ2) is 8.77. The zero-order chi connectivity index (χ0) is 22.0. The molecule has 0 saturated carbocycles. The van der Waals surface area contributed by atoms with Crippen LogP contribution in [-0.4, -0.2) is 21.4 Å². The molecule has 0 aliphatic heterocycles. The van der Waals surface area contributed by atoms with Crippen LogP contribution >= 0.6 is 11.8 Å². The standard InChI is InChI=1S/C23H16F3N3OS/c1-13(22(30)27-18-12-11-17(24)19(25)20(18)26)31-23-16-10-6-5-9-15(16)21(28-29-23)14-7-3-2-4-8-14/h2-13H,1H3,(H,27,30). The predicted molar refractivity (Wildman–Crippen MR) is 115 cm³/mol. The quantitative estimate of drug-likeness (QED) is 0.314. The maximum absolute atomic E-state index is 13.9. The molecule has 3 aromatic carbocycles. The Labute approximate surface area is 180 Å². The van der Waals surface area contributed by atoms with Gasteiger partial charge in [0.15, 0.2) is 17.5 Å². The van der Waals surface area contributed by atoms with E-state index in [1.54, 1.807) is 6.92 Å². The molecule has 8 heteroatoms. The van der Waals surface area contributed by atoms with E-state index in [-0.39, 0.29) is 0 Å². The average molecular weight is 439 g/mol. The number of fused-ring (bicyclic) bond motifs is 1. The van der Waals surface area contributed by atoms with Crippen molar-refractivity contribution in [1.29, 1.82) is 0 Å². The summed E-state index contributed by atoms with van der Waals surface area (Å²) >= 11 is 1.14. The molecule has 1 heterocycles. The summed E-state index contributed by atoms with van der Waals surface area (Å²) in [6.45, 7) is 1.61. The SMILES string of the molecule is CC(Sc1nnc(-c2ccccc2)c2ccccc12)C(=O)Nc1ccc(F)c(F)c1F. The molecule has 31 heavy (non-hydrogen) atoms. The van der Waals surface area contributed by atoms with Crippen molar-refractivity contribution in [3.8, 4) is 11.3 Å². The Kier molecular flexibility index (Phi) is 5.90. The first-order valence-corrected chi connectivity index (χ1v) is 10.3. The van der Waals surface area contributed by atoms with Crippen LogP contribution in [0, 0.1) is 17.5 Å². The van der Waals surface area contributed by atoms with Crippen LogP contribution in [0.25, 0.3) is 22.0 Å². The number of nitrogens with zero attached hydrogens (tertiary/aromatic N) is 2. The van der Waals surface area contributed by atoms with Crippen LogP contribution in [0.4, 0.5) is 18.9 Å². The predicted octanol–water partition coefficient (Wildman–Crippen LogP) is 5.83. The van der Waals surface area contributed by atoms with Gasteiger partial charge in [0.1, 0.15) is 10.7 Å². The van der Waals surface area contributed by atoms with Crippen molar-refractivity contribution in [3.63, 3.8) is 0 Å². The number of hydrogen-bond donors (Lipinski definition) is 1. The van der Waals surface area contributed by atoms with Crippen LogP contribution in [-0.2, 0) is 4.79 Å². The minimum Gasteiger partial charge on any atom is -0.323 e. The molecule has 4 nitrogen and oxygen atoms in total. The lowest BCUT2D eigenvalue weighted by Crippen LogP contribution is -2.23. The van der Waals surface area contributed by atoms with Crippen LogP contribution in [0.15, 0.2) is 71.8 Å². The lowest BCUT2D eigenvalue weighted by molar-refractivity contribution is -0.115. The molecule has 4 rings (SSSR count). The molecule has 0 bridgehead atoms. The van der Waals surface area contributed by atoms with Gasteiger partial charge < -0.3 is 5.32 Å². The Morgan fingerprint density at radius 1 is 0.871 bits per heavy atom. The lowest BCUT2D eigenvalue weighted by Gasteiger charge is -2.14. The monoisotopic (exact) mass is 439 g/mol. The maximum Gasteiger partial charge on any atom is 0.237 e.